The summed E-state index contributed by atoms with van der Waals surface area (Å²) >= 11 is 0. The van der Waals surface area contributed by atoms with Crippen molar-refractivity contribution in [3.8, 4) is 0 Å². The Morgan fingerprint density at radius 2 is 1.77 bits per heavy atom. The van der Waals surface area contributed by atoms with Crippen molar-refractivity contribution in [1.29, 1.82) is 0 Å². The average Bonchev–Trinajstić information content (AvgIpc) is 2.55. The van der Waals surface area contributed by atoms with Crippen LogP contribution in [0.15, 0.2) is 0 Å². The summed E-state index contributed by atoms with van der Waals surface area (Å²) in [6.07, 6.45) is 4.01. The Hall–Kier alpha value is -0.120. The minimum atomic E-state index is 0.631. The highest BCUT2D eigenvalue weighted by atomic mass is 15.4. The van der Waals surface area contributed by atoms with E-state index in [1.165, 1.54) is 38.9 Å². The van der Waals surface area contributed by atoms with Gasteiger partial charge in [-0.2, -0.15) is 0 Å². The molecule has 2 saturated heterocycles. The minimum Gasteiger partial charge on any atom is -0.303 e. The number of piperidine rings is 1. The van der Waals surface area contributed by atoms with E-state index in [1.807, 2.05) is 5.01 Å². The predicted molar refractivity (Wildman–Crippen MR) is 54.2 cm³/mol. The van der Waals surface area contributed by atoms with Gasteiger partial charge >= 0.3 is 0 Å². The molecule has 0 bridgehead atoms. The van der Waals surface area contributed by atoms with Gasteiger partial charge in [0.1, 0.15) is 0 Å². The molecule has 0 amide bonds. The molecule has 76 valence electrons. The molecule has 0 aliphatic carbocycles. The highest BCUT2D eigenvalue weighted by molar-refractivity contribution is 4.92. The molecule has 2 fully saturated rings. The molecule has 0 aromatic rings. The smallest absolute Gasteiger partial charge is 0.0134 e. The van der Waals surface area contributed by atoms with Crippen LogP contribution in [0, 0.1) is 5.41 Å². The molecule has 13 heavy (non-hydrogen) atoms. The maximum Gasteiger partial charge on any atom is 0.0134 e. The number of likely N-dealkylation sites (tertiary alicyclic amines) is 1. The Balaban J connectivity index is 1.92. The molecule has 0 atom stereocenters. The first-order valence-electron chi connectivity index (χ1n) is 5.46. The van der Waals surface area contributed by atoms with E-state index in [-0.39, 0.29) is 0 Å². The van der Waals surface area contributed by atoms with Gasteiger partial charge in [0.15, 0.2) is 0 Å². The van der Waals surface area contributed by atoms with Gasteiger partial charge in [-0.3, -0.25) is 5.84 Å². The number of hydrogen-bond donors (Lipinski definition) is 1. The van der Waals surface area contributed by atoms with E-state index in [1.54, 1.807) is 0 Å². The van der Waals surface area contributed by atoms with Crippen LogP contribution in [0.5, 0.6) is 0 Å². The van der Waals surface area contributed by atoms with Crippen LogP contribution in [0.4, 0.5) is 0 Å². The summed E-state index contributed by atoms with van der Waals surface area (Å²) in [5.41, 5.74) is 0.631. The Morgan fingerprint density at radius 3 is 2.31 bits per heavy atom. The summed E-state index contributed by atoms with van der Waals surface area (Å²) in [5, 5.41) is 1.97. The Kier molecular flexibility index (Phi) is 2.58. The van der Waals surface area contributed by atoms with E-state index in [0.29, 0.717) is 5.41 Å². The molecule has 1 spiro atoms. The summed E-state index contributed by atoms with van der Waals surface area (Å²) in [6, 6.07) is 0. The molecule has 2 N–H and O–H groups in total. The van der Waals surface area contributed by atoms with Gasteiger partial charge in [0, 0.05) is 19.6 Å². The van der Waals surface area contributed by atoms with Crippen molar-refractivity contribution in [2.24, 2.45) is 11.3 Å². The second-order valence-electron chi connectivity index (χ2n) is 4.65. The quantitative estimate of drug-likeness (QED) is 0.606. The lowest BCUT2D eigenvalue weighted by atomic mass is 9.78. The van der Waals surface area contributed by atoms with E-state index in [4.69, 9.17) is 5.84 Å². The van der Waals surface area contributed by atoms with Crippen LogP contribution in [-0.4, -0.2) is 42.6 Å². The Labute approximate surface area is 80.8 Å². The Morgan fingerprint density at radius 1 is 1.15 bits per heavy atom. The second-order valence-corrected chi connectivity index (χ2v) is 4.65. The maximum absolute atomic E-state index is 5.77. The van der Waals surface area contributed by atoms with Gasteiger partial charge in [-0.1, -0.05) is 6.92 Å². The van der Waals surface area contributed by atoms with E-state index >= 15 is 0 Å². The van der Waals surface area contributed by atoms with E-state index < -0.39 is 0 Å². The standard InChI is InChI=1S/C10H21N3/c1-2-12-6-3-10(9-12)4-7-13(11)8-5-10/h2-9,11H2,1H3. The van der Waals surface area contributed by atoms with Gasteiger partial charge < -0.3 is 4.90 Å². The molecular formula is C10H21N3. The van der Waals surface area contributed by atoms with Crippen LogP contribution in [0.1, 0.15) is 26.2 Å². The molecule has 3 heteroatoms. The van der Waals surface area contributed by atoms with Crippen molar-refractivity contribution < 1.29 is 0 Å². The lowest BCUT2D eigenvalue weighted by Gasteiger charge is -2.37. The van der Waals surface area contributed by atoms with E-state index in [0.717, 1.165) is 13.1 Å². The average molecular weight is 183 g/mol. The molecule has 2 aliphatic heterocycles. The van der Waals surface area contributed by atoms with Gasteiger partial charge in [0.25, 0.3) is 0 Å². The first-order chi connectivity index (χ1) is 6.24. The van der Waals surface area contributed by atoms with Crippen molar-refractivity contribution in [3.05, 3.63) is 0 Å². The lowest BCUT2D eigenvalue weighted by molar-refractivity contribution is 0.109. The number of nitrogens with zero attached hydrogens (tertiary/aromatic N) is 2. The summed E-state index contributed by atoms with van der Waals surface area (Å²) in [4.78, 5) is 2.58. The third-order valence-corrected chi connectivity index (χ3v) is 3.82. The largest absolute Gasteiger partial charge is 0.303 e. The van der Waals surface area contributed by atoms with Crippen LogP contribution >= 0.6 is 0 Å². The fraction of sp³-hybridized carbons (Fsp3) is 1.00. The first-order valence-corrected chi connectivity index (χ1v) is 5.46. The zero-order valence-electron chi connectivity index (χ0n) is 8.63. The highest BCUT2D eigenvalue weighted by Crippen LogP contribution is 2.39. The van der Waals surface area contributed by atoms with Gasteiger partial charge in [0.2, 0.25) is 0 Å². The van der Waals surface area contributed by atoms with Crippen LogP contribution in [0.25, 0.3) is 0 Å². The number of hydrazine groups is 1. The number of hydrogen-bond acceptors (Lipinski definition) is 3. The van der Waals surface area contributed by atoms with Crippen LogP contribution < -0.4 is 5.84 Å². The van der Waals surface area contributed by atoms with Gasteiger partial charge in [0.05, 0.1) is 0 Å². The molecule has 0 aromatic carbocycles. The third-order valence-electron chi connectivity index (χ3n) is 3.82. The molecule has 0 unspecified atom stereocenters. The van der Waals surface area contributed by atoms with Gasteiger partial charge in [-0.25, -0.2) is 5.01 Å². The molecule has 0 saturated carbocycles. The van der Waals surface area contributed by atoms with Gasteiger partial charge in [-0.05, 0) is 37.8 Å². The molecule has 2 heterocycles. The van der Waals surface area contributed by atoms with Crippen LogP contribution in [-0.2, 0) is 0 Å². The summed E-state index contributed by atoms with van der Waals surface area (Å²) < 4.78 is 0. The van der Waals surface area contributed by atoms with Crippen molar-refractivity contribution in [2.45, 2.75) is 26.2 Å². The molecule has 2 rings (SSSR count). The fourth-order valence-electron chi connectivity index (χ4n) is 2.70. The van der Waals surface area contributed by atoms with Crippen LogP contribution in [0.3, 0.4) is 0 Å². The minimum absolute atomic E-state index is 0.631. The van der Waals surface area contributed by atoms with Crippen molar-refractivity contribution in [1.82, 2.24) is 9.91 Å². The molecule has 0 aromatic heterocycles. The summed E-state index contributed by atoms with van der Waals surface area (Å²) in [7, 11) is 0. The maximum atomic E-state index is 5.77. The van der Waals surface area contributed by atoms with E-state index in [2.05, 4.69) is 11.8 Å². The monoisotopic (exact) mass is 183 g/mol. The highest BCUT2D eigenvalue weighted by Gasteiger charge is 2.39. The second kappa shape index (κ2) is 3.56. The molecule has 2 aliphatic rings. The molecule has 0 radical (unpaired) electrons. The first kappa shape index (κ1) is 9.44. The summed E-state index contributed by atoms with van der Waals surface area (Å²) in [6.45, 7) is 8.29. The lowest BCUT2D eigenvalue weighted by Crippen LogP contribution is -2.44. The van der Waals surface area contributed by atoms with Crippen molar-refractivity contribution >= 4 is 0 Å². The van der Waals surface area contributed by atoms with Crippen molar-refractivity contribution in [3.63, 3.8) is 0 Å². The Bertz CT molecular complexity index is 173. The number of nitrogens with two attached hydrogens (primary N) is 1. The zero-order chi connectivity index (χ0) is 9.31. The zero-order valence-corrected chi connectivity index (χ0v) is 8.63. The predicted octanol–water partition coefficient (Wildman–Crippen LogP) is 0.668. The fourth-order valence-corrected chi connectivity index (χ4v) is 2.70. The third kappa shape index (κ3) is 1.87. The summed E-state index contributed by atoms with van der Waals surface area (Å²) in [5.74, 6) is 5.77. The molecular weight excluding hydrogens is 162 g/mol. The van der Waals surface area contributed by atoms with Crippen molar-refractivity contribution in [2.75, 3.05) is 32.7 Å². The SMILES string of the molecule is CCN1CCC2(CCN(N)CC2)C1. The normalized spacial score (nSPS) is 30.0. The number of rotatable bonds is 1. The van der Waals surface area contributed by atoms with Gasteiger partial charge in [-0.15, -0.1) is 0 Å². The van der Waals surface area contributed by atoms with Crippen LogP contribution in [0.2, 0.25) is 0 Å². The topological polar surface area (TPSA) is 32.5 Å². The van der Waals surface area contributed by atoms with E-state index in [9.17, 15) is 0 Å². The molecule has 3 nitrogen and oxygen atoms in total.